The summed E-state index contributed by atoms with van der Waals surface area (Å²) in [5.74, 6) is 0. The van der Waals surface area contributed by atoms with Gasteiger partial charge in [-0.05, 0) is 76.7 Å². The van der Waals surface area contributed by atoms with E-state index < -0.39 is 0 Å². The number of aryl methyl sites for hydroxylation is 1. The zero-order chi connectivity index (χ0) is 19.8. The van der Waals surface area contributed by atoms with Crippen LogP contribution in [-0.4, -0.2) is 43.7 Å². The Labute approximate surface area is 168 Å². The van der Waals surface area contributed by atoms with E-state index in [4.69, 9.17) is 0 Å². The minimum absolute atomic E-state index is 0.194. The predicted octanol–water partition coefficient (Wildman–Crippen LogP) is 2.21. The predicted molar refractivity (Wildman–Crippen MR) is 114 cm³/mol. The van der Waals surface area contributed by atoms with Crippen molar-refractivity contribution in [1.82, 2.24) is 26.6 Å². The van der Waals surface area contributed by atoms with E-state index >= 15 is 0 Å². The van der Waals surface area contributed by atoms with Crippen molar-refractivity contribution in [3.8, 4) is 0 Å². The number of benzene rings is 1. The molecule has 1 aromatic carbocycles. The monoisotopic (exact) mass is 388 g/mol. The molecular formula is C21H36N6O. The lowest BCUT2D eigenvalue weighted by Gasteiger charge is -2.37. The van der Waals surface area contributed by atoms with Crippen molar-refractivity contribution in [2.45, 2.75) is 76.9 Å². The quantitative estimate of drug-likeness (QED) is 0.403. The largest absolute Gasteiger partial charge is 0.321 e. The van der Waals surface area contributed by atoms with Gasteiger partial charge in [-0.3, -0.25) is 10.6 Å². The first-order chi connectivity index (χ1) is 13.6. The van der Waals surface area contributed by atoms with Crippen LogP contribution >= 0.6 is 0 Å². The van der Waals surface area contributed by atoms with Crippen LogP contribution in [0.15, 0.2) is 24.3 Å². The molecule has 1 aromatic rings. The maximum atomic E-state index is 12.3. The van der Waals surface area contributed by atoms with Gasteiger partial charge in [0.2, 0.25) is 0 Å². The van der Waals surface area contributed by atoms with E-state index in [0.717, 1.165) is 24.2 Å². The van der Waals surface area contributed by atoms with Crippen LogP contribution in [0, 0.1) is 6.92 Å². The Morgan fingerprint density at radius 2 is 2.14 bits per heavy atom. The van der Waals surface area contributed by atoms with E-state index in [0.29, 0.717) is 12.1 Å². The maximum Gasteiger partial charge on any atom is 0.321 e. The minimum atomic E-state index is -0.258. The van der Waals surface area contributed by atoms with Crippen LogP contribution in [-0.2, 0) is 0 Å². The van der Waals surface area contributed by atoms with Crippen molar-refractivity contribution in [2.75, 3.05) is 18.4 Å². The smallest absolute Gasteiger partial charge is 0.314 e. The molecule has 0 aromatic heterocycles. The molecule has 156 valence electrons. The molecule has 2 saturated heterocycles. The molecule has 7 nitrogen and oxygen atoms in total. The molecule has 7 heteroatoms. The van der Waals surface area contributed by atoms with Crippen LogP contribution in [0.25, 0.3) is 0 Å². The number of amides is 2. The van der Waals surface area contributed by atoms with Gasteiger partial charge in [-0.25, -0.2) is 4.79 Å². The number of urea groups is 1. The molecule has 2 fully saturated rings. The Hall–Kier alpha value is -1.67. The average molecular weight is 389 g/mol. The van der Waals surface area contributed by atoms with E-state index in [-0.39, 0.29) is 18.5 Å². The van der Waals surface area contributed by atoms with E-state index in [2.05, 4.69) is 38.8 Å². The second-order valence-corrected chi connectivity index (χ2v) is 8.17. The molecule has 28 heavy (non-hydrogen) atoms. The molecule has 4 unspecified atom stereocenters. The Morgan fingerprint density at radius 3 is 2.93 bits per heavy atom. The summed E-state index contributed by atoms with van der Waals surface area (Å²) in [6, 6.07) is 8.59. The minimum Gasteiger partial charge on any atom is -0.314 e. The van der Waals surface area contributed by atoms with E-state index in [1.54, 1.807) is 0 Å². The lowest BCUT2D eigenvalue weighted by molar-refractivity contribution is 0.193. The summed E-state index contributed by atoms with van der Waals surface area (Å²) < 4.78 is 0. The Kier molecular flexibility index (Phi) is 8.09. The highest BCUT2D eigenvalue weighted by molar-refractivity contribution is 5.89. The summed E-state index contributed by atoms with van der Waals surface area (Å²) in [6.45, 7) is 6.32. The van der Waals surface area contributed by atoms with Gasteiger partial charge in [0.15, 0.2) is 0 Å². The number of nitrogens with one attached hydrogen (secondary N) is 6. The van der Waals surface area contributed by atoms with Crippen LogP contribution in [0.4, 0.5) is 10.5 Å². The fraction of sp³-hybridized carbons (Fsp3) is 0.667. The molecule has 0 saturated carbocycles. The van der Waals surface area contributed by atoms with Gasteiger partial charge in [0.1, 0.15) is 6.29 Å². The molecule has 0 bridgehead atoms. The highest BCUT2D eigenvalue weighted by Crippen LogP contribution is 2.12. The summed E-state index contributed by atoms with van der Waals surface area (Å²) in [5, 5.41) is 19.9. The zero-order valence-corrected chi connectivity index (χ0v) is 17.2. The molecule has 2 aliphatic heterocycles. The number of piperidine rings is 1. The first-order valence-electron chi connectivity index (χ1n) is 10.7. The van der Waals surface area contributed by atoms with Gasteiger partial charge in [-0.15, -0.1) is 0 Å². The molecule has 3 rings (SSSR count). The summed E-state index contributed by atoms with van der Waals surface area (Å²) >= 11 is 0. The van der Waals surface area contributed by atoms with E-state index in [1.165, 1.54) is 38.6 Å². The lowest BCUT2D eigenvalue weighted by Crippen LogP contribution is -2.67. The Morgan fingerprint density at radius 1 is 1.25 bits per heavy atom. The van der Waals surface area contributed by atoms with Crippen molar-refractivity contribution >= 4 is 11.7 Å². The second kappa shape index (κ2) is 10.8. The van der Waals surface area contributed by atoms with Gasteiger partial charge in [-0.2, -0.15) is 0 Å². The molecule has 6 N–H and O–H groups in total. The van der Waals surface area contributed by atoms with E-state index in [9.17, 15) is 4.79 Å². The maximum absolute atomic E-state index is 12.3. The molecule has 2 aliphatic rings. The van der Waals surface area contributed by atoms with Crippen molar-refractivity contribution in [3.05, 3.63) is 29.8 Å². The van der Waals surface area contributed by atoms with Crippen molar-refractivity contribution in [3.63, 3.8) is 0 Å². The molecule has 0 aliphatic carbocycles. The van der Waals surface area contributed by atoms with Gasteiger partial charge in [0, 0.05) is 17.8 Å². The third-order valence-electron chi connectivity index (χ3n) is 5.49. The Balaban J connectivity index is 1.37. The van der Waals surface area contributed by atoms with Crippen LogP contribution < -0.4 is 31.9 Å². The average Bonchev–Trinajstić information content (AvgIpc) is 2.65. The van der Waals surface area contributed by atoms with Gasteiger partial charge in [0.05, 0.1) is 6.17 Å². The third kappa shape index (κ3) is 7.05. The van der Waals surface area contributed by atoms with Crippen molar-refractivity contribution in [1.29, 1.82) is 0 Å². The second-order valence-electron chi connectivity index (χ2n) is 8.17. The number of carbonyl (C=O) groups excluding carboxylic acids is 1. The SMILES string of the molecule is Cc1cccc(NC(=O)NC2NC(C)CC(NCCCC3CCCCN3)N2)c1. The number of anilines is 1. The fourth-order valence-corrected chi connectivity index (χ4v) is 4.07. The highest BCUT2D eigenvalue weighted by atomic mass is 16.2. The van der Waals surface area contributed by atoms with Gasteiger partial charge >= 0.3 is 6.03 Å². The van der Waals surface area contributed by atoms with Crippen LogP contribution in [0.3, 0.4) is 0 Å². The molecule has 4 atom stereocenters. The van der Waals surface area contributed by atoms with Crippen LogP contribution in [0.2, 0.25) is 0 Å². The third-order valence-corrected chi connectivity index (χ3v) is 5.49. The summed E-state index contributed by atoms with van der Waals surface area (Å²) in [5.41, 5.74) is 1.92. The summed E-state index contributed by atoms with van der Waals surface area (Å²) in [4.78, 5) is 12.3. The molecule has 2 heterocycles. The number of hydrogen-bond acceptors (Lipinski definition) is 5. The molecule has 2 amide bonds. The topological polar surface area (TPSA) is 89.2 Å². The number of rotatable bonds is 7. The Bertz CT molecular complexity index is 619. The summed E-state index contributed by atoms with van der Waals surface area (Å²) in [6.07, 6.45) is 7.31. The zero-order valence-electron chi connectivity index (χ0n) is 17.2. The first kappa shape index (κ1) is 21.0. The van der Waals surface area contributed by atoms with Gasteiger partial charge in [0.25, 0.3) is 0 Å². The molecular weight excluding hydrogens is 352 g/mol. The molecule has 0 spiro atoms. The fourth-order valence-electron chi connectivity index (χ4n) is 4.07. The van der Waals surface area contributed by atoms with Gasteiger partial charge in [-0.1, -0.05) is 18.6 Å². The van der Waals surface area contributed by atoms with Crippen LogP contribution in [0.1, 0.15) is 51.0 Å². The van der Waals surface area contributed by atoms with E-state index in [1.807, 2.05) is 31.2 Å². The summed E-state index contributed by atoms with van der Waals surface area (Å²) in [7, 11) is 0. The number of hydrogen-bond donors (Lipinski definition) is 6. The number of carbonyl (C=O) groups is 1. The lowest BCUT2D eigenvalue weighted by atomic mass is 10.0. The normalized spacial score (nSPS) is 27.9. The standard InChI is InChI=1S/C21H36N6O/c1-15-7-5-9-18(13-15)25-21(28)27-20-24-16(2)14-19(26-20)23-12-6-10-17-8-3-4-11-22-17/h5,7,9,13,16-17,19-20,22-24,26H,3-4,6,8,10-12,14H2,1-2H3,(H2,25,27,28). The highest BCUT2D eigenvalue weighted by Gasteiger charge is 2.25. The first-order valence-corrected chi connectivity index (χ1v) is 10.7. The molecule has 0 radical (unpaired) electrons. The van der Waals surface area contributed by atoms with Gasteiger partial charge < -0.3 is 21.3 Å². The van der Waals surface area contributed by atoms with Crippen molar-refractivity contribution < 1.29 is 4.79 Å². The van der Waals surface area contributed by atoms with Crippen molar-refractivity contribution in [2.24, 2.45) is 0 Å². The van der Waals surface area contributed by atoms with Crippen LogP contribution in [0.5, 0.6) is 0 Å².